The lowest BCUT2D eigenvalue weighted by Gasteiger charge is -2.31. The monoisotopic (exact) mass is 232 g/mol. The van der Waals surface area contributed by atoms with E-state index in [2.05, 4.69) is 9.47 Å². The highest BCUT2D eigenvalue weighted by Crippen LogP contribution is 2.43. The Bertz CT molecular complexity index is 229. The van der Waals surface area contributed by atoms with Crippen LogP contribution < -0.4 is 0 Å². The molecule has 3 N–H and O–H groups in total. The van der Waals surface area contributed by atoms with E-state index in [4.69, 9.17) is 5.11 Å². The Hall–Kier alpha value is -0.410. The summed E-state index contributed by atoms with van der Waals surface area (Å²) < 4.78 is 46.3. The molecule has 1 saturated heterocycles. The van der Waals surface area contributed by atoms with Crippen LogP contribution in [-0.4, -0.2) is 59.3 Å². The third-order valence-corrected chi connectivity index (χ3v) is 2.31. The van der Waals surface area contributed by atoms with Crippen LogP contribution in [0.2, 0.25) is 0 Å². The standard InChI is InChI=1S/C7H11F3O5/c1-14-5-6(13,7(8,9)10)4(12)3(2-11)15-5/h3-5,11-13H,2H2,1H3/t3-,4-,5+,6-/m1/s1. The van der Waals surface area contributed by atoms with Gasteiger partial charge in [-0.3, -0.25) is 0 Å². The lowest BCUT2D eigenvalue weighted by molar-refractivity contribution is -0.326. The van der Waals surface area contributed by atoms with Crippen molar-refractivity contribution >= 4 is 0 Å². The highest BCUT2D eigenvalue weighted by atomic mass is 19.4. The second kappa shape index (κ2) is 3.87. The average Bonchev–Trinajstić information content (AvgIpc) is 2.40. The van der Waals surface area contributed by atoms with Gasteiger partial charge in [-0.05, 0) is 0 Å². The predicted molar refractivity (Wildman–Crippen MR) is 39.8 cm³/mol. The fourth-order valence-corrected chi connectivity index (χ4v) is 1.44. The molecule has 1 rings (SSSR count). The van der Waals surface area contributed by atoms with Crippen LogP contribution in [0.3, 0.4) is 0 Å². The van der Waals surface area contributed by atoms with Crippen molar-refractivity contribution in [2.45, 2.75) is 30.3 Å². The summed E-state index contributed by atoms with van der Waals surface area (Å²) in [4.78, 5) is 0. The molecule has 0 radical (unpaired) electrons. The van der Waals surface area contributed by atoms with Crippen LogP contribution in [0.4, 0.5) is 13.2 Å². The topological polar surface area (TPSA) is 79.2 Å². The minimum Gasteiger partial charge on any atom is -0.394 e. The Morgan fingerprint density at radius 1 is 1.47 bits per heavy atom. The summed E-state index contributed by atoms with van der Waals surface area (Å²) in [6, 6.07) is 0. The van der Waals surface area contributed by atoms with Crippen molar-refractivity contribution in [3.05, 3.63) is 0 Å². The van der Waals surface area contributed by atoms with Crippen LogP contribution in [0.1, 0.15) is 0 Å². The van der Waals surface area contributed by atoms with Gasteiger partial charge in [-0.2, -0.15) is 13.2 Å². The Morgan fingerprint density at radius 3 is 2.27 bits per heavy atom. The molecule has 0 spiro atoms. The molecule has 0 amide bonds. The van der Waals surface area contributed by atoms with Crippen molar-refractivity contribution in [2.24, 2.45) is 0 Å². The number of halogens is 3. The molecule has 0 saturated carbocycles. The average molecular weight is 232 g/mol. The molecule has 0 unspecified atom stereocenters. The van der Waals surface area contributed by atoms with E-state index in [1.165, 1.54) is 0 Å². The second-order valence-electron chi connectivity index (χ2n) is 3.19. The molecule has 90 valence electrons. The number of hydrogen-bond donors (Lipinski definition) is 3. The first-order chi connectivity index (χ1) is 6.79. The van der Waals surface area contributed by atoms with Gasteiger partial charge in [0.1, 0.15) is 12.2 Å². The van der Waals surface area contributed by atoms with E-state index in [0.29, 0.717) is 0 Å². The summed E-state index contributed by atoms with van der Waals surface area (Å²) >= 11 is 0. The Morgan fingerprint density at radius 2 is 2.00 bits per heavy atom. The van der Waals surface area contributed by atoms with Crippen LogP contribution in [0, 0.1) is 0 Å². The maximum Gasteiger partial charge on any atom is 0.424 e. The van der Waals surface area contributed by atoms with Crippen LogP contribution in [0.5, 0.6) is 0 Å². The molecule has 5 nitrogen and oxygen atoms in total. The number of hydrogen-bond acceptors (Lipinski definition) is 5. The van der Waals surface area contributed by atoms with Crippen molar-refractivity contribution in [1.82, 2.24) is 0 Å². The molecule has 15 heavy (non-hydrogen) atoms. The van der Waals surface area contributed by atoms with E-state index in [1.54, 1.807) is 0 Å². The first-order valence-electron chi connectivity index (χ1n) is 4.05. The van der Waals surface area contributed by atoms with Crippen molar-refractivity contribution in [2.75, 3.05) is 13.7 Å². The molecule has 0 aromatic carbocycles. The molecular formula is C7H11F3O5. The van der Waals surface area contributed by atoms with Crippen LogP contribution in [-0.2, 0) is 9.47 Å². The summed E-state index contributed by atoms with van der Waals surface area (Å²) in [5.74, 6) is 0. The highest BCUT2D eigenvalue weighted by Gasteiger charge is 2.70. The van der Waals surface area contributed by atoms with E-state index in [1.807, 2.05) is 0 Å². The van der Waals surface area contributed by atoms with Crippen molar-refractivity contribution in [1.29, 1.82) is 0 Å². The van der Waals surface area contributed by atoms with Gasteiger partial charge in [-0.25, -0.2) is 0 Å². The number of aliphatic hydroxyl groups excluding tert-OH is 2. The maximum atomic E-state index is 12.5. The largest absolute Gasteiger partial charge is 0.424 e. The number of methoxy groups -OCH3 is 1. The first kappa shape index (κ1) is 12.7. The fraction of sp³-hybridized carbons (Fsp3) is 1.00. The molecule has 1 aliphatic rings. The predicted octanol–water partition coefficient (Wildman–Crippen LogP) is -0.996. The quantitative estimate of drug-likeness (QED) is 0.569. The van der Waals surface area contributed by atoms with Crippen LogP contribution >= 0.6 is 0 Å². The molecule has 0 aliphatic carbocycles. The van der Waals surface area contributed by atoms with E-state index in [9.17, 15) is 23.4 Å². The highest BCUT2D eigenvalue weighted by molar-refractivity contribution is 5.04. The molecule has 4 atom stereocenters. The lowest BCUT2D eigenvalue weighted by Crippen LogP contribution is -2.59. The maximum absolute atomic E-state index is 12.5. The van der Waals surface area contributed by atoms with E-state index in [0.717, 1.165) is 7.11 Å². The van der Waals surface area contributed by atoms with Crippen molar-refractivity contribution in [3.63, 3.8) is 0 Å². The van der Waals surface area contributed by atoms with Crippen molar-refractivity contribution < 1.29 is 38.0 Å². The molecule has 1 fully saturated rings. The van der Waals surface area contributed by atoms with Gasteiger partial charge < -0.3 is 24.8 Å². The van der Waals surface area contributed by atoms with Crippen molar-refractivity contribution in [3.8, 4) is 0 Å². The molecule has 1 heterocycles. The molecule has 8 heteroatoms. The van der Waals surface area contributed by atoms with E-state index in [-0.39, 0.29) is 0 Å². The van der Waals surface area contributed by atoms with Crippen LogP contribution in [0.15, 0.2) is 0 Å². The zero-order chi connectivity index (χ0) is 11.9. The Kier molecular flexibility index (Phi) is 3.27. The fourth-order valence-electron chi connectivity index (χ4n) is 1.44. The summed E-state index contributed by atoms with van der Waals surface area (Å²) in [6.07, 6.45) is -11.0. The Balaban J connectivity index is 3.03. The van der Waals surface area contributed by atoms with E-state index < -0.39 is 36.9 Å². The van der Waals surface area contributed by atoms with Gasteiger partial charge in [0.25, 0.3) is 0 Å². The molecule has 0 bridgehead atoms. The second-order valence-corrected chi connectivity index (χ2v) is 3.19. The van der Waals surface area contributed by atoms with Gasteiger partial charge in [-0.15, -0.1) is 0 Å². The first-order valence-corrected chi connectivity index (χ1v) is 4.05. The molecular weight excluding hydrogens is 221 g/mol. The molecule has 1 aliphatic heterocycles. The van der Waals surface area contributed by atoms with Gasteiger partial charge in [-0.1, -0.05) is 0 Å². The number of alkyl halides is 3. The number of aliphatic hydroxyl groups is 3. The normalized spacial score (nSPS) is 42.2. The van der Waals surface area contributed by atoms with Gasteiger partial charge in [0.15, 0.2) is 6.29 Å². The lowest BCUT2D eigenvalue weighted by atomic mass is 9.94. The van der Waals surface area contributed by atoms with Gasteiger partial charge in [0.2, 0.25) is 5.60 Å². The minimum atomic E-state index is -5.11. The summed E-state index contributed by atoms with van der Waals surface area (Å²) in [7, 11) is 0.897. The number of rotatable bonds is 2. The third-order valence-electron chi connectivity index (χ3n) is 2.31. The zero-order valence-electron chi connectivity index (χ0n) is 7.73. The molecule has 0 aromatic rings. The zero-order valence-corrected chi connectivity index (χ0v) is 7.73. The van der Waals surface area contributed by atoms with E-state index >= 15 is 0 Å². The van der Waals surface area contributed by atoms with Gasteiger partial charge >= 0.3 is 6.18 Å². The van der Waals surface area contributed by atoms with Crippen LogP contribution in [0.25, 0.3) is 0 Å². The SMILES string of the molecule is CO[C@H]1O[C@H](CO)[C@@H](O)[C@]1(O)C(F)(F)F. The molecule has 0 aromatic heterocycles. The van der Waals surface area contributed by atoms with Gasteiger partial charge in [0.05, 0.1) is 6.61 Å². The summed E-state index contributed by atoms with van der Waals surface area (Å²) in [6.45, 7) is -0.848. The summed E-state index contributed by atoms with van der Waals surface area (Å²) in [5.41, 5.74) is -3.52. The van der Waals surface area contributed by atoms with Gasteiger partial charge in [0, 0.05) is 7.11 Å². The smallest absolute Gasteiger partial charge is 0.394 e. The Labute approximate surface area is 83.0 Å². The third kappa shape index (κ3) is 1.72. The number of ether oxygens (including phenoxy) is 2. The minimum absolute atomic E-state index is 0.848. The summed E-state index contributed by atoms with van der Waals surface area (Å²) in [5, 5.41) is 27.2.